The molecule has 2 amide bonds. The van der Waals surface area contributed by atoms with Gasteiger partial charge < -0.3 is 14.5 Å². The van der Waals surface area contributed by atoms with Gasteiger partial charge in [0.25, 0.3) is 0 Å². The Kier molecular flexibility index (Phi) is 6.47. The summed E-state index contributed by atoms with van der Waals surface area (Å²) < 4.78 is 5.78. The zero-order valence-corrected chi connectivity index (χ0v) is 15.8. The van der Waals surface area contributed by atoms with Crippen LogP contribution in [0.1, 0.15) is 32.1 Å². The van der Waals surface area contributed by atoms with E-state index in [4.69, 9.17) is 4.74 Å². The number of carbonyl (C=O) groups excluding carboxylic acids is 2. The second kappa shape index (κ2) is 9.21. The maximum atomic E-state index is 12.6. The Morgan fingerprint density at radius 1 is 0.963 bits per heavy atom. The molecule has 0 radical (unpaired) electrons. The summed E-state index contributed by atoms with van der Waals surface area (Å²) in [4.78, 5) is 28.1. The van der Waals surface area contributed by atoms with E-state index in [0.29, 0.717) is 18.7 Å². The Morgan fingerprint density at radius 3 is 2.37 bits per heavy atom. The van der Waals surface area contributed by atoms with Crippen LogP contribution in [0.3, 0.4) is 0 Å². The molecule has 2 aromatic rings. The van der Waals surface area contributed by atoms with E-state index in [0.717, 1.165) is 37.1 Å². The molecular formula is C22H26N2O3. The molecule has 142 valence electrons. The molecule has 0 spiro atoms. The van der Waals surface area contributed by atoms with Gasteiger partial charge in [-0.2, -0.15) is 0 Å². The molecule has 0 atom stereocenters. The molecule has 0 aliphatic carbocycles. The van der Waals surface area contributed by atoms with Crippen LogP contribution in [0.25, 0.3) is 0 Å². The number of rotatable bonds is 5. The first-order chi connectivity index (χ1) is 13.1. The summed E-state index contributed by atoms with van der Waals surface area (Å²) in [7, 11) is 1.74. The van der Waals surface area contributed by atoms with Crippen molar-refractivity contribution in [2.45, 2.75) is 32.1 Å². The van der Waals surface area contributed by atoms with Gasteiger partial charge in [-0.1, -0.05) is 31.0 Å². The summed E-state index contributed by atoms with van der Waals surface area (Å²) in [6.07, 6.45) is 4.65. The standard InChI is InChI=1S/C22H26N2O3/c1-23(22(26)17-24-16-8-3-2-7-11-21(24)25)18-12-14-20(15-13-18)27-19-9-5-4-6-10-19/h4-6,9-10,12-15H,2-3,7-8,11,16-17H2,1H3. The number of nitrogens with zero attached hydrogens (tertiary/aromatic N) is 2. The number of anilines is 1. The minimum atomic E-state index is -0.0827. The predicted octanol–water partition coefficient (Wildman–Crippen LogP) is 4.23. The van der Waals surface area contributed by atoms with Crippen molar-refractivity contribution >= 4 is 17.5 Å². The summed E-state index contributed by atoms with van der Waals surface area (Å²) in [5.41, 5.74) is 0.778. The third kappa shape index (κ3) is 5.33. The van der Waals surface area contributed by atoms with Gasteiger partial charge in [-0.3, -0.25) is 9.59 Å². The summed E-state index contributed by atoms with van der Waals surface area (Å²) in [6, 6.07) is 16.9. The van der Waals surface area contributed by atoms with E-state index in [-0.39, 0.29) is 18.4 Å². The third-order valence-electron chi connectivity index (χ3n) is 4.82. The fourth-order valence-corrected chi connectivity index (χ4v) is 3.16. The molecule has 0 N–H and O–H groups in total. The molecule has 3 rings (SSSR count). The quantitative estimate of drug-likeness (QED) is 0.795. The van der Waals surface area contributed by atoms with Crippen LogP contribution in [-0.4, -0.2) is 36.9 Å². The first-order valence-corrected chi connectivity index (χ1v) is 9.51. The molecule has 0 unspecified atom stereocenters. The van der Waals surface area contributed by atoms with E-state index in [1.165, 1.54) is 0 Å². The zero-order chi connectivity index (χ0) is 19.1. The maximum absolute atomic E-state index is 12.6. The SMILES string of the molecule is CN(C(=O)CN1CCCCCCC1=O)c1ccc(Oc2ccccc2)cc1. The fraction of sp³-hybridized carbons (Fsp3) is 0.364. The van der Waals surface area contributed by atoms with Gasteiger partial charge in [0, 0.05) is 25.7 Å². The van der Waals surface area contributed by atoms with Crippen molar-refractivity contribution in [3.8, 4) is 11.5 Å². The number of benzene rings is 2. The Bertz CT molecular complexity index is 759. The summed E-state index contributed by atoms with van der Waals surface area (Å²) >= 11 is 0. The average Bonchev–Trinajstić information content (AvgIpc) is 2.68. The number of ether oxygens (including phenoxy) is 1. The molecule has 0 saturated carbocycles. The third-order valence-corrected chi connectivity index (χ3v) is 4.82. The predicted molar refractivity (Wildman–Crippen MR) is 106 cm³/mol. The Morgan fingerprint density at radius 2 is 1.63 bits per heavy atom. The molecular weight excluding hydrogens is 340 g/mol. The van der Waals surface area contributed by atoms with Crippen LogP contribution in [0, 0.1) is 0 Å². The molecule has 5 nitrogen and oxygen atoms in total. The van der Waals surface area contributed by atoms with Crippen molar-refractivity contribution in [1.82, 2.24) is 4.90 Å². The highest BCUT2D eigenvalue weighted by Crippen LogP contribution is 2.24. The normalized spacial score (nSPS) is 15.0. The van der Waals surface area contributed by atoms with Crippen molar-refractivity contribution in [1.29, 1.82) is 0 Å². The number of amides is 2. The molecule has 1 fully saturated rings. The van der Waals surface area contributed by atoms with Gasteiger partial charge in [0.2, 0.25) is 11.8 Å². The lowest BCUT2D eigenvalue weighted by atomic mass is 10.1. The molecule has 27 heavy (non-hydrogen) atoms. The second-order valence-corrected chi connectivity index (χ2v) is 6.84. The first-order valence-electron chi connectivity index (χ1n) is 9.51. The average molecular weight is 366 g/mol. The van der Waals surface area contributed by atoms with E-state index < -0.39 is 0 Å². The van der Waals surface area contributed by atoms with Crippen molar-refractivity contribution in [3.63, 3.8) is 0 Å². The van der Waals surface area contributed by atoms with Crippen molar-refractivity contribution < 1.29 is 14.3 Å². The van der Waals surface area contributed by atoms with E-state index >= 15 is 0 Å². The molecule has 0 aromatic heterocycles. The Hall–Kier alpha value is -2.82. The van der Waals surface area contributed by atoms with Gasteiger partial charge in [-0.05, 0) is 49.2 Å². The molecule has 1 aliphatic rings. The van der Waals surface area contributed by atoms with Gasteiger partial charge >= 0.3 is 0 Å². The number of carbonyl (C=O) groups is 2. The first kappa shape index (κ1) is 19.0. The minimum absolute atomic E-state index is 0.0827. The van der Waals surface area contributed by atoms with Crippen LogP contribution >= 0.6 is 0 Å². The highest BCUT2D eigenvalue weighted by Gasteiger charge is 2.21. The van der Waals surface area contributed by atoms with Gasteiger partial charge in [0.1, 0.15) is 18.0 Å². The van der Waals surface area contributed by atoms with Gasteiger partial charge in [-0.25, -0.2) is 0 Å². The molecule has 5 heteroatoms. The summed E-state index contributed by atoms with van der Waals surface area (Å²) in [6.45, 7) is 0.805. The minimum Gasteiger partial charge on any atom is -0.457 e. The smallest absolute Gasteiger partial charge is 0.246 e. The number of para-hydroxylation sites is 1. The van der Waals surface area contributed by atoms with Gasteiger partial charge in [0.05, 0.1) is 0 Å². The van der Waals surface area contributed by atoms with Crippen LogP contribution in [-0.2, 0) is 9.59 Å². The number of likely N-dealkylation sites (tertiary alicyclic amines) is 1. The van der Waals surface area contributed by atoms with Crippen LogP contribution in [0.4, 0.5) is 5.69 Å². The van der Waals surface area contributed by atoms with E-state index in [1.807, 2.05) is 54.6 Å². The molecule has 0 bridgehead atoms. The summed E-state index contributed by atoms with van der Waals surface area (Å²) in [5, 5.41) is 0. The highest BCUT2D eigenvalue weighted by atomic mass is 16.5. The van der Waals surface area contributed by atoms with Crippen LogP contribution < -0.4 is 9.64 Å². The van der Waals surface area contributed by atoms with Gasteiger partial charge in [-0.15, -0.1) is 0 Å². The number of hydrogen-bond acceptors (Lipinski definition) is 3. The number of likely N-dealkylation sites (N-methyl/N-ethyl adjacent to an activating group) is 1. The Balaban J connectivity index is 1.59. The van der Waals surface area contributed by atoms with Crippen molar-refractivity contribution in [3.05, 3.63) is 54.6 Å². The van der Waals surface area contributed by atoms with Crippen molar-refractivity contribution in [2.24, 2.45) is 0 Å². The Labute approximate surface area is 160 Å². The molecule has 1 heterocycles. The van der Waals surface area contributed by atoms with Gasteiger partial charge in [0.15, 0.2) is 0 Å². The lowest BCUT2D eigenvalue weighted by Crippen LogP contribution is -2.42. The largest absolute Gasteiger partial charge is 0.457 e. The molecule has 1 aliphatic heterocycles. The van der Waals surface area contributed by atoms with E-state index in [2.05, 4.69) is 0 Å². The monoisotopic (exact) mass is 366 g/mol. The number of hydrogen-bond donors (Lipinski definition) is 0. The maximum Gasteiger partial charge on any atom is 0.246 e. The fourth-order valence-electron chi connectivity index (χ4n) is 3.16. The molecule has 1 saturated heterocycles. The van der Waals surface area contributed by atoms with E-state index in [9.17, 15) is 9.59 Å². The van der Waals surface area contributed by atoms with Crippen LogP contribution in [0.2, 0.25) is 0 Å². The lowest BCUT2D eigenvalue weighted by molar-refractivity contribution is -0.135. The summed E-state index contributed by atoms with van der Waals surface area (Å²) in [5.74, 6) is 1.48. The topological polar surface area (TPSA) is 49.9 Å². The van der Waals surface area contributed by atoms with E-state index in [1.54, 1.807) is 16.8 Å². The van der Waals surface area contributed by atoms with Crippen LogP contribution in [0.15, 0.2) is 54.6 Å². The zero-order valence-electron chi connectivity index (χ0n) is 15.8. The van der Waals surface area contributed by atoms with Crippen molar-refractivity contribution in [2.75, 3.05) is 25.0 Å². The van der Waals surface area contributed by atoms with Crippen LogP contribution in [0.5, 0.6) is 11.5 Å². The second-order valence-electron chi connectivity index (χ2n) is 6.84. The highest BCUT2D eigenvalue weighted by molar-refractivity contribution is 5.96. The lowest BCUT2D eigenvalue weighted by Gasteiger charge is -2.27. The molecule has 2 aromatic carbocycles.